The monoisotopic (exact) mass is 641 g/mol. The number of carboxylic acid groups (broad SMARTS) is 1. The number of H-pyrrole nitrogens is 3. The van der Waals surface area contributed by atoms with Crippen molar-refractivity contribution in [2.45, 2.75) is 49.9 Å². The average molecular weight is 642 g/mol. The first-order chi connectivity index (χ1) is 22.6. The summed E-state index contributed by atoms with van der Waals surface area (Å²) in [5.74, 6) is -4.59. The van der Waals surface area contributed by atoms with Gasteiger partial charge in [0.15, 0.2) is 0 Å². The van der Waals surface area contributed by atoms with Crippen LogP contribution in [0, 0.1) is 0 Å². The zero-order valence-electron chi connectivity index (χ0n) is 25.2. The van der Waals surface area contributed by atoms with Crippen molar-refractivity contribution < 1.29 is 29.1 Å². The molecule has 0 radical (unpaired) electrons. The predicted molar refractivity (Wildman–Crippen MR) is 172 cm³/mol. The van der Waals surface area contributed by atoms with E-state index in [0.717, 1.165) is 32.9 Å². The van der Waals surface area contributed by atoms with Crippen LogP contribution in [0.2, 0.25) is 0 Å². The lowest BCUT2D eigenvalue weighted by Crippen LogP contribution is -2.58. The second-order valence-electron chi connectivity index (χ2n) is 11.2. The Balaban J connectivity index is 1.38. The molecule has 0 bridgehead atoms. The molecule has 4 amide bonds. The fourth-order valence-electron chi connectivity index (χ4n) is 5.41. The van der Waals surface area contributed by atoms with Gasteiger partial charge in [-0.25, -0.2) is 9.78 Å². The summed E-state index contributed by atoms with van der Waals surface area (Å²) >= 11 is 0. The van der Waals surface area contributed by atoms with Crippen molar-refractivity contribution in [3.8, 4) is 0 Å². The summed E-state index contributed by atoms with van der Waals surface area (Å²) in [5.41, 5.74) is 15.3. The number of nitrogens with zero attached hydrogens (tertiary/aromatic N) is 1. The smallest absolute Gasteiger partial charge is 0.326 e. The second kappa shape index (κ2) is 14.4. The topological polar surface area (TPSA) is 254 Å². The molecule has 15 nitrogen and oxygen atoms in total. The van der Waals surface area contributed by atoms with E-state index in [1.807, 2.05) is 48.5 Å². The number of benzene rings is 2. The van der Waals surface area contributed by atoms with Crippen molar-refractivity contribution in [1.82, 2.24) is 35.9 Å². The summed E-state index contributed by atoms with van der Waals surface area (Å²) in [4.78, 5) is 77.0. The fourth-order valence-corrected chi connectivity index (χ4v) is 5.41. The van der Waals surface area contributed by atoms with Gasteiger partial charge in [0.2, 0.25) is 23.6 Å². The Morgan fingerprint density at radius 2 is 1.26 bits per heavy atom. The number of carbonyl (C=O) groups is 5. The van der Waals surface area contributed by atoms with Crippen LogP contribution in [0.1, 0.15) is 23.2 Å². The molecule has 0 saturated carbocycles. The van der Waals surface area contributed by atoms with E-state index in [9.17, 15) is 29.1 Å². The first-order valence-electron chi connectivity index (χ1n) is 14.8. The molecule has 15 heteroatoms. The Bertz CT molecular complexity index is 1900. The van der Waals surface area contributed by atoms with Crippen molar-refractivity contribution in [2.24, 2.45) is 11.5 Å². The minimum absolute atomic E-state index is 0.0409. The molecular formula is C32H35N9O6. The third-order valence-corrected chi connectivity index (χ3v) is 7.82. The van der Waals surface area contributed by atoms with Crippen LogP contribution < -0.4 is 27.4 Å². The zero-order valence-corrected chi connectivity index (χ0v) is 25.2. The van der Waals surface area contributed by atoms with Crippen LogP contribution in [0.25, 0.3) is 21.8 Å². The average Bonchev–Trinajstić information content (AvgIpc) is 3.81. The van der Waals surface area contributed by atoms with Crippen molar-refractivity contribution in [1.29, 1.82) is 0 Å². The lowest BCUT2D eigenvalue weighted by Gasteiger charge is -2.25. The largest absolute Gasteiger partial charge is 0.480 e. The van der Waals surface area contributed by atoms with E-state index >= 15 is 0 Å². The van der Waals surface area contributed by atoms with E-state index in [-0.39, 0.29) is 19.3 Å². The molecule has 0 aliphatic carbocycles. The lowest BCUT2D eigenvalue weighted by molar-refractivity contribution is -0.143. The van der Waals surface area contributed by atoms with E-state index in [0.29, 0.717) is 5.69 Å². The number of rotatable bonds is 15. The predicted octanol–water partition coefficient (Wildman–Crippen LogP) is 0.142. The number of nitrogens with one attached hydrogen (secondary N) is 6. The highest BCUT2D eigenvalue weighted by atomic mass is 16.4. The molecule has 5 rings (SSSR count). The molecule has 11 N–H and O–H groups in total. The van der Waals surface area contributed by atoms with Gasteiger partial charge >= 0.3 is 5.97 Å². The Kier molecular flexibility index (Phi) is 9.96. The number of carboxylic acids is 1. The molecular weight excluding hydrogens is 606 g/mol. The Hall–Kier alpha value is -5.96. The number of imidazole rings is 1. The van der Waals surface area contributed by atoms with Crippen LogP contribution in [0.4, 0.5) is 0 Å². The van der Waals surface area contributed by atoms with Gasteiger partial charge in [-0.2, -0.15) is 0 Å². The third-order valence-electron chi connectivity index (χ3n) is 7.82. The molecule has 2 aromatic carbocycles. The minimum atomic E-state index is -1.62. The molecule has 5 aromatic rings. The number of hydrogen-bond donors (Lipinski definition) is 9. The number of aliphatic carboxylic acids is 1. The van der Waals surface area contributed by atoms with E-state index in [2.05, 4.69) is 35.9 Å². The van der Waals surface area contributed by atoms with Gasteiger partial charge in [0.25, 0.3) is 0 Å². The molecule has 3 aromatic heterocycles. The van der Waals surface area contributed by atoms with Crippen LogP contribution in [-0.2, 0) is 43.2 Å². The molecule has 4 unspecified atom stereocenters. The fraction of sp³-hybridized carbons (Fsp3) is 0.250. The van der Waals surface area contributed by atoms with Gasteiger partial charge in [0.05, 0.1) is 18.8 Å². The molecule has 47 heavy (non-hydrogen) atoms. The van der Waals surface area contributed by atoms with Crippen molar-refractivity contribution in [3.63, 3.8) is 0 Å². The normalized spacial score (nSPS) is 13.8. The number of aromatic nitrogens is 4. The van der Waals surface area contributed by atoms with Gasteiger partial charge < -0.3 is 47.5 Å². The summed E-state index contributed by atoms with van der Waals surface area (Å²) in [5, 5.41) is 19.0. The molecule has 0 spiro atoms. The molecule has 0 aliphatic rings. The molecule has 3 heterocycles. The minimum Gasteiger partial charge on any atom is -0.480 e. The number of hydrogen-bond acceptors (Lipinski definition) is 7. The van der Waals surface area contributed by atoms with Gasteiger partial charge in [-0.15, -0.1) is 0 Å². The lowest BCUT2D eigenvalue weighted by atomic mass is 10.0. The van der Waals surface area contributed by atoms with Gasteiger partial charge in [-0.3, -0.25) is 19.2 Å². The SMILES string of the molecule is NC(=O)CC(NC(=O)C(Cc1cnc[nH]1)NC(=O)C(Cc1c[nH]c2ccccc12)NC(=O)C(N)Cc1c[nH]c2ccccc12)C(=O)O. The summed E-state index contributed by atoms with van der Waals surface area (Å²) in [6, 6.07) is 9.92. The first-order valence-corrected chi connectivity index (χ1v) is 14.8. The first kappa shape index (κ1) is 32.4. The maximum atomic E-state index is 13.9. The maximum absolute atomic E-state index is 13.9. The van der Waals surface area contributed by atoms with Crippen LogP contribution in [0.5, 0.6) is 0 Å². The highest BCUT2D eigenvalue weighted by Crippen LogP contribution is 2.21. The molecule has 0 saturated heterocycles. The van der Waals surface area contributed by atoms with E-state index in [1.54, 1.807) is 12.4 Å². The van der Waals surface area contributed by atoms with Crippen molar-refractivity contribution >= 4 is 51.4 Å². The molecule has 4 atom stereocenters. The highest BCUT2D eigenvalue weighted by Gasteiger charge is 2.32. The van der Waals surface area contributed by atoms with Crippen LogP contribution in [0.15, 0.2) is 73.4 Å². The zero-order chi connectivity index (χ0) is 33.5. The number of nitrogens with two attached hydrogens (primary N) is 2. The van der Waals surface area contributed by atoms with Gasteiger partial charge in [-0.1, -0.05) is 36.4 Å². The number of amides is 4. The summed E-state index contributed by atoms with van der Waals surface area (Å²) < 4.78 is 0. The number of para-hydroxylation sites is 2. The summed E-state index contributed by atoms with van der Waals surface area (Å²) in [6.45, 7) is 0. The Labute approximate surface area is 267 Å². The molecule has 244 valence electrons. The standard InChI is InChI=1S/C32H35N9O6/c33-22(9-17-13-36-23-7-3-1-5-20(17)23)29(43)39-25(10-18-14-37-24-8-4-2-6-21(18)24)30(44)40-26(11-19-15-35-16-38-19)31(45)41-27(32(46)47)12-28(34)42/h1-8,13-16,22,25-27,36-37H,9-12,33H2,(H2,34,42)(H,35,38)(H,39,43)(H,40,44)(H,41,45)(H,46,47). The van der Waals surface area contributed by atoms with Crippen LogP contribution >= 0.6 is 0 Å². The van der Waals surface area contributed by atoms with Crippen molar-refractivity contribution in [2.75, 3.05) is 0 Å². The van der Waals surface area contributed by atoms with E-state index in [1.165, 1.54) is 12.5 Å². The number of carbonyl (C=O) groups excluding carboxylic acids is 4. The third kappa shape index (κ3) is 8.01. The highest BCUT2D eigenvalue weighted by molar-refractivity contribution is 5.96. The number of primary amides is 1. The Morgan fingerprint density at radius 3 is 1.81 bits per heavy atom. The van der Waals surface area contributed by atoms with Crippen molar-refractivity contribution in [3.05, 3.63) is 90.3 Å². The molecule has 0 fully saturated rings. The van der Waals surface area contributed by atoms with Crippen LogP contribution in [0.3, 0.4) is 0 Å². The second-order valence-corrected chi connectivity index (χ2v) is 11.2. The summed E-state index contributed by atoms with van der Waals surface area (Å²) in [7, 11) is 0. The quantitative estimate of drug-likeness (QED) is 0.0758. The number of aromatic amines is 3. The van der Waals surface area contributed by atoms with Gasteiger partial charge in [0.1, 0.15) is 18.1 Å². The summed E-state index contributed by atoms with van der Waals surface area (Å²) in [6.07, 6.45) is 5.83. The van der Waals surface area contributed by atoms with E-state index in [4.69, 9.17) is 11.5 Å². The van der Waals surface area contributed by atoms with Gasteiger partial charge in [-0.05, 0) is 29.7 Å². The van der Waals surface area contributed by atoms with Crippen LogP contribution in [-0.4, -0.2) is 78.8 Å². The number of fused-ring (bicyclic) bond motifs is 2. The maximum Gasteiger partial charge on any atom is 0.326 e. The van der Waals surface area contributed by atoms with Gasteiger partial charge in [0, 0.05) is 58.9 Å². The Morgan fingerprint density at radius 1 is 0.723 bits per heavy atom. The molecule has 0 aliphatic heterocycles. The van der Waals surface area contributed by atoms with E-state index < -0.39 is 60.2 Å².